The molecule has 0 radical (unpaired) electrons. The van der Waals surface area contributed by atoms with E-state index < -0.39 is 12.0 Å². The van der Waals surface area contributed by atoms with Crippen LogP contribution in [0.2, 0.25) is 0 Å². The van der Waals surface area contributed by atoms with Gasteiger partial charge in [-0.05, 0) is 26.3 Å². The lowest BCUT2D eigenvalue weighted by molar-refractivity contribution is -0.142. The Morgan fingerprint density at radius 1 is 1.11 bits per heavy atom. The molecule has 108 valence electrons. The van der Waals surface area contributed by atoms with Gasteiger partial charge in [0.2, 0.25) is 0 Å². The Bertz CT molecular complexity index is 374. The van der Waals surface area contributed by atoms with Gasteiger partial charge in [0.1, 0.15) is 6.04 Å². The molecule has 6 nitrogen and oxygen atoms in total. The Morgan fingerprint density at radius 2 is 1.79 bits per heavy atom. The molecule has 0 aromatic rings. The number of carbonyl (C=O) groups is 2. The number of nitrogens with zero attached hydrogens (tertiary/aromatic N) is 3. The molecule has 2 aliphatic heterocycles. The average Bonchev–Trinajstić information content (AvgIpc) is 2.70. The lowest BCUT2D eigenvalue weighted by atomic mass is 10.0. The van der Waals surface area contributed by atoms with Crippen molar-refractivity contribution in [2.75, 3.05) is 33.2 Å². The van der Waals surface area contributed by atoms with Crippen LogP contribution in [0.5, 0.6) is 0 Å². The molecule has 2 fully saturated rings. The van der Waals surface area contributed by atoms with E-state index in [4.69, 9.17) is 0 Å². The first kappa shape index (κ1) is 14.1. The Hall–Kier alpha value is -1.30. The second-order valence-electron chi connectivity index (χ2n) is 5.83. The van der Waals surface area contributed by atoms with Gasteiger partial charge in [-0.1, -0.05) is 6.92 Å². The fraction of sp³-hybridized carbons (Fsp3) is 0.846. The van der Waals surface area contributed by atoms with Crippen molar-refractivity contribution in [3.05, 3.63) is 0 Å². The number of likely N-dealkylation sites (N-methyl/N-ethyl adjacent to an activating group) is 1. The van der Waals surface area contributed by atoms with Gasteiger partial charge in [0.15, 0.2) is 0 Å². The highest BCUT2D eigenvalue weighted by Crippen LogP contribution is 2.26. The third-order valence-electron chi connectivity index (χ3n) is 4.28. The van der Waals surface area contributed by atoms with Crippen molar-refractivity contribution in [1.82, 2.24) is 14.7 Å². The van der Waals surface area contributed by atoms with Gasteiger partial charge < -0.3 is 19.8 Å². The third-order valence-corrected chi connectivity index (χ3v) is 4.28. The van der Waals surface area contributed by atoms with E-state index in [1.165, 1.54) is 4.90 Å². The molecule has 3 atom stereocenters. The molecule has 19 heavy (non-hydrogen) atoms. The molecule has 0 aliphatic carbocycles. The molecule has 2 saturated heterocycles. The Labute approximate surface area is 114 Å². The molecule has 2 aliphatic rings. The highest BCUT2D eigenvalue weighted by atomic mass is 16.4. The van der Waals surface area contributed by atoms with Crippen molar-refractivity contribution in [2.45, 2.75) is 32.4 Å². The summed E-state index contributed by atoms with van der Waals surface area (Å²) in [4.78, 5) is 29.4. The van der Waals surface area contributed by atoms with Crippen LogP contribution in [0.25, 0.3) is 0 Å². The lowest BCUT2D eigenvalue weighted by Crippen LogP contribution is -2.58. The minimum Gasteiger partial charge on any atom is -0.480 e. The van der Waals surface area contributed by atoms with E-state index in [9.17, 15) is 14.7 Å². The number of urea groups is 1. The Balaban J connectivity index is 2.09. The maximum Gasteiger partial charge on any atom is 0.326 e. The topological polar surface area (TPSA) is 64.1 Å². The summed E-state index contributed by atoms with van der Waals surface area (Å²) in [5, 5.41) is 9.29. The SMILES string of the molecule is CC1CCN(C(=O)N2CCN(C)CC2C)C1C(=O)O. The molecular weight excluding hydrogens is 246 g/mol. The standard InChI is InChI=1S/C13H23N3O3/c1-9-4-5-16(11(9)12(17)18)13(19)15-7-6-14(3)8-10(15)2/h9-11H,4-8H2,1-3H3,(H,17,18). The quantitative estimate of drug-likeness (QED) is 0.754. The summed E-state index contributed by atoms with van der Waals surface area (Å²) >= 11 is 0. The number of carboxylic acid groups (broad SMARTS) is 1. The van der Waals surface area contributed by atoms with Crippen molar-refractivity contribution < 1.29 is 14.7 Å². The first-order valence-electron chi connectivity index (χ1n) is 6.90. The number of piperazine rings is 1. The molecule has 2 amide bonds. The van der Waals surface area contributed by atoms with Crippen molar-refractivity contribution in [2.24, 2.45) is 5.92 Å². The Morgan fingerprint density at radius 3 is 2.37 bits per heavy atom. The smallest absolute Gasteiger partial charge is 0.326 e. The van der Waals surface area contributed by atoms with E-state index in [0.29, 0.717) is 13.1 Å². The van der Waals surface area contributed by atoms with E-state index in [1.807, 2.05) is 25.8 Å². The van der Waals surface area contributed by atoms with Crippen LogP contribution in [0.15, 0.2) is 0 Å². The number of hydrogen-bond acceptors (Lipinski definition) is 3. The normalized spacial score (nSPS) is 32.7. The zero-order valence-electron chi connectivity index (χ0n) is 11.9. The van der Waals surface area contributed by atoms with E-state index in [-0.39, 0.29) is 18.0 Å². The van der Waals surface area contributed by atoms with Gasteiger partial charge in [-0.25, -0.2) is 9.59 Å². The number of likely N-dealkylation sites (tertiary alicyclic amines) is 1. The highest BCUT2D eigenvalue weighted by Gasteiger charge is 2.42. The van der Waals surface area contributed by atoms with Gasteiger partial charge in [-0.3, -0.25) is 0 Å². The number of carbonyl (C=O) groups excluding carboxylic acids is 1. The predicted molar refractivity (Wildman–Crippen MR) is 71.0 cm³/mol. The number of amides is 2. The van der Waals surface area contributed by atoms with E-state index in [1.54, 1.807) is 0 Å². The lowest BCUT2D eigenvalue weighted by Gasteiger charge is -2.40. The third kappa shape index (κ3) is 2.68. The van der Waals surface area contributed by atoms with Crippen LogP contribution in [0.1, 0.15) is 20.3 Å². The van der Waals surface area contributed by atoms with Gasteiger partial charge in [0.25, 0.3) is 0 Å². The van der Waals surface area contributed by atoms with E-state index in [2.05, 4.69) is 4.90 Å². The zero-order chi connectivity index (χ0) is 14.2. The summed E-state index contributed by atoms with van der Waals surface area (Å²) < 4.78 is 0. The molecule has 0 bridgehead atoms. The molecule has 0 aromatic heterocycles. The summed E-state index contributed by atoms with van der Waals surface area (Å²) in [5.41, 5.74) is 0. The molecule has 2 rings (SSSR count). The van der Waals surface area contributed by atoms with Crippen LogP contribution in [-0.2, 0) is 4.79 Å². The summed E-state index contributed by atoms with van der Waals surface area (Å²) in [7, 11) is 2.04. The molecule has 0 aromatic carbocycles. The van der Waals surface area contributed by atoms with Crippen LogP contribution >= 0.6 is 0 Å². The minimum absolute atomic E-state index is 0.0317. The molecule has 3 unspecified atom stereocenters. The predicted octanol–water partition coefficient (Wildman–Crippen LogP) is 0.537. The van der Waals surface area contributed by atoms with Crippen molar-refractivity contribution in [3.8, 4) is 0 Å². The molecule has 0 spiro atoms. The van der Waals surface area contributed by atoms with Gasteiger partial charge in [-0.2, -0.15) is 0 Å². The number of rotatable bonds is 1. The largest absolute Gasteiger partial charge is 0.480 e. The van der Waals surface area contributed by atoms with Crippen molar-refractivity contribution in [1.29, 1.82) is 0 Å². The Kier molecular flexibility index (Phi) is 3.99. The first-order chi connectivity index (χ1) is 8.91. The highest BCUT2D eigenvalue weighted by molar-refractivity contribution is 5.83. The van der Waals surface area contributed by atoms with Crippen LogP contribution < -0.4 is 0 Å². The summed E-state index contributed by atoms with van der Waals surface area (Å²) in [6.45, 7) is 6.83. The maximum atomic E-state index is 12.5. The number of carboxylic acids is 1. The van der Waals surface area contributed by atoms with Crippen LogP contribution in [0, 0.1) is 5.92 Å². The van der Waals surface area contributed by atoms with Crippen LogP contribution in [-0.4, -0.2) is 77.1 Å². The van der Waals surface area contributed by atoms with Gasteiger partial charge in [0.05, 0.1) is 0 Å². The van der Waals surface area contributed by atoms with Gasteiger partial charge in [-0.15, -0.1) is 0 Å². The van der Waals surface area contributed by atoms with Gasteiger partial charge in [0, 0.05) is 32.2 Å². The summed E-state index contributed by atoms with van der Waals surface area (Å²) in [6, 6.07) is -0.645. The molecular formula is C13H23N3O3. The van der Waals surface area contributed by atoms with Crippen molar-refractivity contribution >= 4 is 12.0 Å². The fourth-order valence-electron chi connectivity index (χ4n) is 3.13. The summed E-state index contributed by atoms with van der Waals surface area (Å²) in [6.07, 6.45) is 0.769. The molecule has 6 heteroatoms. The summed E-state index contributed by atoms with van der Waals surface area (Å²) in [5.74, 6) is -0.857. The van der Waals surface area contributed by atoms with E-state index >= 15 is 0 Å². The fourth-order valence-corrected chi connectivity index (χ4v) is 3.13. The second-order valence-corrected chi connectivity index (χ2v) is 5.83. The molecule has 2 heterocycles. The minimum atomic E-state index is -0.889. The molecule has 1 N–H and O–H groups in total. The first-order valence-corrected chi connectivity index (χ1v) is 6.90. The maximum absolute atomic E-state index is 12.5. The van der Waals surface area contributed by atoms with Gasteiger partial charge >= 0.3 is 12.0 Å². The average molecular weight is 269 g/mol. The van der Waals surface area contributed by atoms with Crippen LogP contribution in [0.3, 0.4) is 0 Å². The number of hydrogen-bond donors (Lipinski definition) is 1. The second kappa shape index (κ2) is 5.36. The van der Waals surface area contributed by atoms with Crippen molar-refractivity contribution in [3.63, 3.8) is 0 Å². The zero-order valence-corrected chi connectivity index (χ0v) is 11.9. The van der Waals surface area contributed by atoms with E-state index in [0.717, 1.165) is 19.5 Å². The number of aliphatic carboxylic acids is 1. The van der Waals surface area contributed by atoms with Crippen LogP contribution in [0.4, 0.5) is 4.79 Å². The monoisotopic (exact) mass is 269 g/mol. The molecule has 0 saturated carbocycles.